The normalized spacial score (nSPS) is 14.8. The lowest BCUT2D eigenvalue weighted by Crippen LogP contribution is -2.40. The summed E-state index contributed by atoms with van der Waals surface area (Å²) in [5.41, 5.74) is 0. The summed E-state index contributed by atoms with van der Waals surface area (Å²) in [6, 6.07) is 1.21. The van der Waals surface area contributed by atoms with E-state index in [2.05, 4.69) is 73.8 Å². The predicted molar refractivity (Wildman–Crippen MR) is 95.1 cm³/mol. The van der Waals surface area contributed by atoms with Crippen molar-refractivity contribution in [3.05, 3.63) is 11.8 Å². The highest BCUT2D eigenvalue weighted by Gasteiger charge is 2.38. The van der Waals surface area contributed by atoms with E-state index in [9.17, 15) is 0 Å². The van der Waals surface area contributed by atoms with Crippen LogP contribution in [-0.4, -0.2) is 23.2 Å². The molecule has 0 aliphatic carbocycles. The Kier molecular flexibility index (Phi) is 7.25. The zero-order chi connectivity index (χ0) is 16.2. The van der Waals surface area contributed by atoms with Crippen LogP contribution in [0, 0.1) is 5.92 Å². The Balaban J connectivity index is 4.42. The lowest BCUT2D eigenvalue weighted by molar-refractivity contribution is 0.331. The third-order valence-corrected chi connectivity index (χ3v) is 11.2. The van der Waals surface area contributed by atoms with E-state index in [-0.39, 0.29) is 5.04 Å². The van der Waals surface area contributed by atoms with Crippen molar-refractivity contribution < 1.29 is 8.85 Å². The summed E-state index contributed by atoms with van der Waals surface area (Å²) >= 11 is 0. The average molecular weight is 317 g/mol. The summed E-state index contributed by atoms with van der Waals surface area (Å²) < 4.78 is 12.3. The van der Waals surface area contributed by atoms with Gasteiger partial charge < -0.3 is 8.85 Å². The molecule has 0 spiro atoms. The van der Waals surface area contributed by atoms with E-state index >= 15 is 0 Å². The Labute approximate surface area is 129 Å². The first kappa shape index (κ1) is 19.9. The molecule has 2 nitrogen and oxygen atoms in total. The molecule has 0 unspecified atom stereocenters. The maximum Gasteiger partial charge on any atom is 0.250 e. The highest BCUT2D eigenvalue weighted by molar-refractivity contribution is 6.74. The maximum atomic E-state index is 6.23. The number of hydrogen-bond donors (Lipinski definition) is 0. The maximum absolute atomic E-state index is 6.23. The Bertz CT molecular complexity index is 326. The second-order valence-corrected chi connectivity index (χ2v) is 17.3. The third kappa shape index (κ3) is 7.65. The van der Waals surface area contributed by atoms with Crippen LogP contribution in [0.2, 0.25) is 37.3 Å². The molecule has 0 aliphatic rings. The van der Waals surface area contributed by atoms with E-state index in [1.807, 2.05) is 0 Å². The van der Waals surface area contributed by atoms with Gasteiger partial charge in [-0.1, -0.05) is 34.6 Å². The lowest BCUT2D eigenvalue weighted by Gasteiger charge is -2.36. The van der Waals surface area contributed by atoms with Crippen LogP contribution in [0.1, 0.15) is 41.5 Å². The Hall–Kier alpha value is -0.0662. The standard InChI is InChI=1S/C16H36O2Si2/c1-14(2)13-19(7,8)17-12-11-15(3)18-20(9,10)16(4,5)6/h11,14H,12-13H2,1-10H3. The largest absolute Gasteiger partial charge is 0.547 e. The van der Waals surface area contributed by atoms with Crippen LogP contribution in [-0.2, 0) is 8.85 Å². The molecule has 0 heterocycles. The molecule has 0 atom stereocenters. The van der Waals surface area contributed by atoms with Gasteiger partial charge in [-0.2, -0.15) is 0 Å². The van der Waals surface area contributed by atoms with Gasteiger partial charge in [0, 0.05) is 0 Å². The van der Waals surface area contributed by atoms with Crippen molar-refractivity contribution in [2.75, 3.05) is 6.61 Å². The van der Waals surface area contributed by atoms with Gasteiger partial charge in [0.25, 0.3) is 0 Å². The summed E-state index contributed by atoms with van der Waals surface area (Å²) in [6.07, 6.45) is 2.11. The van der Waals surface area contributed by atoms with Gasteiger partial charge in [0.15, 0.2) is 8.32 Å². The monoisotopic (exact) mass is 316 g/mol. The van der Waals surface area contributed by atoms with Crippen molar-refractivity contribution in [3.63, 3.8) is 0 Å². The molecule has 0 bridgehead atoms. The first-order valence-corrected chi connectivity index (χ1v) is 13.8. The first-order chi connectivity index (χ1) is 8.77. The molecule has 0 saturated carbocycles. The zero-order valence-corrected chi connectivity index (χ0v) is 17.4. The van der Waals surface area contributed by atoms with Gasteiger partial charge in [0.05, 0.1) is 12.4 Å². The van der Waals surface area contributed by atoms with Gasteiger partial charge in [0.2, 0.25) is 8.32 Å². The molecular weight excluding hydrogens is 280 g/mol. The molecule has 0 amide bonds. The lowest BCUT2D eigenvalue weighted by atomic mass is 10.2. The predicted octanol–water partition coefficient (Wildman–Crippen LogP) is 5.79. The first-order valence-electron chi connectivity index (χ1n) is 7.76. The molecule has 20 heavy (non-hydrogen) atoms. The van der Waals surface area contributed by atoms with E-state index in [1.165, 1.54) is 6.04 Å². The second kappa shape index (κ2) is 7.27. The molecule has 0 aliphatic heterocycles. The van der Waals surface area contributed by atoms with Crippen molar-refractivity contribution in [1.82, 2.24) is 0 Å². The van der Waals surface area contributed by atoms with Crippen molar-refractivity contribution in [3.8, 4) is 0 Å². The van der Waals surface area contributed by atoms with Crippen LogP contribution in [0.15, 0.2) is 11.8 Å². The van der Waals surface area contributed by atoms with Crippen LogP contribution < -0.4 is 0 Å². The van der Waals surface area contributed by atoms with E-state index in [1.54, 1.807) is 0 Å². The third-order valence-electron chi connectivity index (χ3n) is 3.97. The van der Waals surface area contributed by atoms with Crippen LogP contribution in [0.5, 0.6) is 0 Å². The quantitative estimate of drug-likeness (QED) is 0.437. The zero-order valence-electron chi connectivity index (χ0n) is 15.4. The van der Waals surface area contributed by atoms with Crippen molar-refractivity contribution in [2.45, 2.75) is 78.8 Å². The van der Waals surface area contributed by atoms with Gasteiger partial charge in [-0.05, 0) is 56.2 Å². The van der Waals surface area contributed by atoms with E-state index in [0.717, 1.165) is 5.76 Å². The molecule has 0 radical (unpaired) electrons. The van der Waals surface area contributed by atoms with Crippen LogP contribution in [0.4, 0.5) is 0 Å². The molecular formula is C16H36O2Si2. The molecule has 120 valence electrons. The second-order valence-electron chi connectivity index (χ2n) is 8.35. The summed E-state index contributed by atoms with van der Waals surface area (Å²) in [5.74, 6) is 1.73. The molecule has 0 N–H and O–H groups in total. The molecule has 0 fully saturated rings. The van der Waals surface area contributed by atoms with Gasteiger partial charge >= 0.3 is 0 Å². The Morgan fingerprint density at radius 2 is 1.60 bits per heavy atom. The molecule has 0 aromatic heterocycles. The number of rotatable bonds is 7. The summed E-state index contributed by atoms with van der Waals surface area (Å²) in [5, 5.41) is 0.245. The minimum Gasteiger partial charge on any atom is -0.547 e. The molecule has 4 heteroatoms. The van der Waals surface area contributed by atoms with Gasteiger partial charge in [0.1, 0.15) is 0 Å². The Morgan fingerprint density at radius 1 is 1.10 bits per heavy atom. The van der Waals surface area contributed by atoms with Crippen LogP contribution >= 0.6 is 0 Å². The van der Waals surface area contributed by atoms with Crippen molar-refractivity contribution in [1.29, 1.82) is 0 Å². The molecule has 0 saturated heterocycles. The van der Waals surface area contributed by atoms with Gasteiger partial charge in [-0.15, -0.1) is 0 Å². The van der Waals surface area contributed by atoms with E-state index < -0.39 is 16.6 Å². The fourth-order valence-corrected chi connectivity index (χ4v) is 5.84. The van der Waals surface area contributed by atoms with Crippen LogP contribution in [0.25, 0.3) is 0 Å². The van der Waals surface area contributed by atoms with Crippen molar-refractivity contribution >= 4 is 16.6 Å². The summed E-state index contributed by atoms with van der Waals surface area (Å²) in [6.45, 7) is 23.2. The number of allylic oxidation sites excluding steroid dienone is 1. The molecule has 0 aromatic carbocycles. The minimum absolute atomic E-state index is 0.245. The summed E-state index contributed by atoms with van der Waals surface area (Å²) in [4.78, 5) is 0. The topological polar surface area (TPSA) is 18.5 Å². The van der Waals surface area contributed by atoms with Gasteiger partial charge in [-0.25, -0.2) is 0 Å². The highest BCUT2D eigenvalue weighted by atomic mass is 28.4. The Morgan fingerprint density at radius 3 is 2.00 bits per heavy atom. The number of hydrogen-bond acceptors (Lipinski definition) is 2. The minimum atomic E-state index is -1.70. The van der Waals surface area contributed by atoms with Crippen LogP contribution in [0.3, 0.4) is 0 Å². The molecule has 0 rings (SSSR count). The van der Waals surface area contributed by atoms with Gasteiger partial charge in [-0.3, -0.25) is 0 Å². The van der Waals surface area contributed by atoms with E-state index in [4.69, 9.17) is 8.85 Å². The fourth-order valence-electron chi connectivity index (χ4n) is 2.02. The van der Waals surface area contributed by atoms with Crippen molar-refractivity contribution in [2.24, 2.45) is 5.92 Å². The van der Waals surface area contributed by atoms with E-state index in [0.29, 0.717) is 12.5 Å². The summed E-state index contributed by atoms with van der Waals surface area (Å²) in [7, 11) is -3.22. The fraction of sp³-hybridized carbons (Fsp3) is 0.875. The average Bonchev–Trinajstić information content (AvgIpc) is 2.11. The SMILES string of the molecule is CC(=CCO[Si](C)(C)CC(C)C)O[Si](C)(C)C(C)(C)C. The molecule has 0 aromatic rings. The smallest absolute Gasteiger partial charge is 0.250 e. The highest BCUT2D eigenvalue weighted by Crippen LogP contribution is 2.37.